The molecule has 1 aromatic carbocycles. The lowest BCUT2D eigenvalue weighted by molar-refractivity contribution is -0.121. The van der Waals surface area contributed by atoms with Crippen molar-refractivity contribution in [1.29, 1.82) is 0 Å². The Bertz CT molecular complexity index is 533. The second-order valence-corrected chi connectivity index (χ2v) is 3.69. The molecule has 2 rings (SSSR count). The van der Waals surface area contributed by atoms with Crippen molar-refractivity contribution >= 4 is 11.6 Å². The van der Waals surface area contributed by atoms with Crippen LogP contribution in [0.4, 0.5) is 0 Å². The summed E-state index contributed by atoms with van der Waals surface area (Å²) in [6, 6.07) is 9.64. The van der Waals surface area contributed by atoms with Crippen molar-refractivity contribution in [3.8, 4) is 0 Å². The molecule has 1 N–H and O–H groups in total. The van der Waals surface area contributed by atoms with E-state index in [9.17, 15) is 4.79 Å². The molecule has 0 unspecified atom stereocenters. The molecule has 1 amide bonds. The van der Waals surface area contributed by atoms with Gasteiger partial charge in [-0.05, 0) is 12.5 Å². The lowest BCUT2D eigenvalue weighted by Crippen LogP contribution is -2.24. The zero-order valence-electron chi connectivity index (χ0n) is 9.95. The van der Waals surface area contributed by atoms with Crippen molar-refractivity contribution in [2.24, 2.45) is 5.10 Å². The second-order valence-electron chi connectivity index (χ2n) is 3.69. The third-order valence-electron chi connectivity index (χ3n) is 2.31. The molecule has 0 bridgehead atoms. The first-order valence-corrected chi connectivity index (χ1v) is 5.46. The van der Waals surface area contributed by atoms with E-state index in [1.807, 2.05) is 37.3 Å². The third kappa shape index (κ3) is 3.24. The average molecular weight is 243 g/mol. The van der Waals surface area contributed by atoms with Crippen molar-refractivity contribution in [1.82, 2.24) is 20.2 Å². The summed E-state index contributed by atoms with van der Waals surface area (Å²) in [5, 5.41) is 7.87. The summed E-state index contributed by atoms with van der Waals surface area (Å²) < 4.78 is 1.43. The quantitative estimate of drug-likeness (QED) is 0.638. The molecule has 92 valence electrons. The van der Waals surface area contributed by atoms with Gasteiger partial charge >= 0.3 is 0 Å². The first kappa shape index (κ1) is 12.0. The Balaban J connectivity index is 1.92. The van der Waals surface area contributed by atoms with Crippen molar-refractivity contribution in [2.45, 2.75) is 13.5 Å². The van der Waals surface area contributed by atoms with Crippen molar-refractivity contribution in [3.63, 3.8) is 0 Å². The summed E-state index contributed by atoms with van der Waals surface area (Å²) in [7, 11) is 0. The number of hydrogen-bond acceptors (Lipinski definition) is 4. The highest BCUT2D eigenvalue weighted by molar-refractivity contribution is 5.99. The zero-order chi connectivity index (χ0) is 12.8. The van der Waals surface area contributed by atoms with Gasteiger partial charge in [-0.15, -0.1) is 0 Å². The van der Waals surface area contributed by atoms with Gasteiger partial charge in [-0.3, -0.25) is 4.79 Å². The molecule has 1 aromatic heterocycles. The van der Waals surface area contributed by atoms with E-state index in [0.29, 0.717) is 0 Å². The Hall–Kier alpha value is -2.50. The summed E-state index contributed by atoms with van der Waals surface area (Å²) in [6.45, 7) is 1.94. The number of nitrogens with zero attached hydrogens (tertiary/aromatic N) is 4. The van der Waals surface area contributed by atoms with Crippen LogP contribution in [0.25, 0.3) is 0 Å². The first-order valence-electron chi connectivity index (χ1n) is 5.46. The number of carbonyl (C=O) groups excluding carboxylic acids is 1. The van der Waals surface area contributed by atoms with Crippen LogP contribution in [0.5, 0.6) is 0 Å². The fourth-order valence-electron chi connectivity index (χ4n) is 1.39. The van der Waals surface area contributed by atoms with E-state index in [0.717, 1.165) is 11.3 Å². The Morgan fingerprint density at radius 2 is 2.17 bits per heavy atom. The van der Waals surface area contributed by atoms with E-state index in [1.54, 1.807) is 0 Å². The van der Waals surface area contributed by atoms with Crippen LogP contribution in [-0.4, -0.2) is 26.4 Å². The maximum atomic E-state index is 11.5. The first-order chi connectivity index (χ1) is 8.75. The number of hydrogen-bond donors (Lipinski definition) is 1. The monoisotopic (exact) mass is 243 g/mol. The molecule has 0 fully saturated rings. The van der Waals surface area contributed by atoms with Gasteiger partial charge in [-0.2, -0.15) is 10.2 Å². The minimum Gasteiger partial charge on any atom is -0.271 e. The molecule has 1 heterocycles. The van der Waals surface area contributed by atoms with Crippen LogP contribution in [0, 0.1) is 0 Å². The van der Waals surface area contributed by atoms with Gasteiger partial charge in [0, 0.05) is 0 Å². The number of amides is 1. The molecule has 0 aliphatic heterocycles. The fraction of sp³-hybridized carbons (Fsp3) is 0.167. The van der Waals surface area contributed by atoms with Gasteiger partial charge in [0.2, 0.25) is 0 Å². The van der Waals surface area contributed by atoms with Gasteiger partial charge in [-0.25, -0.2) is 15.1 Å². The Morgan fingerprint density at radius 1 is 1.39 bits per heavy atom. The maximum Gasteiger partial charge on any atom is 0.261 e. The van der Waals surface area contributed by atoms with Gasteiger partial charge in [0.25, 0.3) is 5.91 Å². The predicted octanol–water partition coefficient (Wildman–Crippen LogP) is 0.818. The van der Waals surface area contributed by atoms with Crippen LogP contribution in [-0.2, 0) is 11.3 Å². The highest BCUT2D eigenvalue weighted by Gasteiger charge is 2.02. The fourth-order valence-corrected chi connectivity index (χ4v) is 1.39. The maximum absolute atomic E-state index is 11.5. The van der Waals surface area contributed by atoms with E-state index < -0.39 is 0 Å². The normalized spacial score (nSPS) is 11.3. The number of hydrazone groups is 1. The molecule has 0 aliphatic carbocycles. The largest absolute Gasteiger partial charge is 0.271 e. The van der Waals surface area contributed by atoms with Crippen LogP contribution in [0.3, 0.4) is 0 Å². The Labute approximate surface area is 104 Å². The predicted molar refractivity (Wildman–Crippen MR) is 66.8 cm³/mol. The summed E-state index contributed by atoms with van der Waals surface area (Å²) in [5.41, 5.74) is 4.20. The van der Waals surface area contributed by atoms with E-state index >= 15 is 0 Å². The van der Waals surface area contributed by atoms with Gasteiger partial charge in [0.05, 0.1) is 5.71 Å². The standard InChI is InChI=1S/C12H13N5O/c1-10(11-5-3-2-4-6-11)15-16-12(18)7-17-9-13-8-14-17/h2-6,8-9H,7H2,1H3,(H,16,18)/b15-10-. The van der Waals surface area contributed by atoms with Gasteiger partial charge < -0.3 is 0 Å². The van der Waals surface area contributed by atoms with Gasteiger partial charge in [0.1, 0.15) is 19.2 Å². The van der Waals surface area contributed by atoms with Crippen LogP contribution >= 0.6 is 0 Å². The van der Waals surface area contributed by atoms with Crippen LogP contribution < -0.4 is 5.43 Å². The van der Waals surface area contributed by atoms with Crippen molar-refractivity contribution in [3.05, 3.63) is 48.5 Å². The minimum atomic E-state index is -0.240. The van der Waals surface area contributed by atoms with Crippen LogP contribution in [0.2, 0.25) is 0 Å². The summed E-state index contributed by atoms with van der Waals surface area (Å²) in [6.07, 6.45) is 2.86. The summed E-state index contributed by atoms with van der Waals surface area (Å²) in [4.78, 5) is 15.3. The SMILES string of the molecule is C/C(=N/NC(=O)Cn1cncn1)c1ccccc1. The van der Waals surface area contributed by atoms with E-state index in [1.165, 1.54) is 17.3 Å². The molecule has 0 saturated heterocycles. The Kier molecular flexibility index (Phi) is 3.80. The highest BCUT2D eigenvalue weighted by Crippen LogP contribution is 1.99. The number of aromatic nitrogens is 3. The lowest BCUT2D eigenvalue weighted by atomic mass is 10.1. The molecule has 6 nitrogen and oxygen atoms in total. The number of nitrogens with one attached hydrogen (secondary N) is 1. The molecule has 0 radical (unpaired) electrons. The van der Waals surface area contributed by atoms with Crippen LogP contribution in [0.15, 0.2) is 48.1 Å². The number of carbonyl (C=O) groups is 1. The smallest absolute Gasteiger partial charge is 0.261 e. The highest BCUT2D eigenvalue weighted by atomic mass is 16.2. The lowest BCUT2D eigenvalue weighted by Gasteiger charge is -2.02. The molecular formula is C12H13N5O. The second kappa shape index (κ2) is 5.72. The summed E-state index contributed by atoms with van der Waals surface area (Å²) >= 11 is 0. The number of rotatable bonds is 4. The molecule has 0 atom stereocenters. The van der Waals surface area contributed by atoms with E-state index in [2.05, 4.69) is 20.6 Å². The molecule has 18 heavy (non-hydrogen) atoms. The Morgan fingerprint density at radius 3 is 2.83 bits per heavy atom. The third-order valence-corrected chi connectivity index (χ3v) is 2.31. The molecule has 0 saturated carbocycles. The molecule has 6 heteroatoms. The minimum absolute atomic E-state index is 0.103. The van der Waals surface area contributed by atoms with Gasteiger partial charge in [0.15, 0.2) is 0 Å². The van der Waals surface area contributed by atoms with Crippen molar-refractivity contribution < 1.29 is 4.79 Å². The summed E-state index contributed by atoms with van der Waals surface area (Å²) in [5.74, 6) is -0.240. The topological polar surface area (TPSA) is 72.2 Å². The molecule has 0 aliphatic rings. The van der Waals surface area contributed by atoms with Gasteiger partial charge in [-0.1, -0.05) is 30.3 Å². The molecule has 0 spiro atoms. The molecular weight excluding hydrogens is 230 g/mol. The van der Waals surface area contributed by atoms with Crippen LogP contribution in [0.1, 0.15) is 12.5 Å². The number of benzene rings is 1. The van der Waals surface area contributed by atoms with Crippen molar-refractivity contribution in [2.75, 3.05) is 0 Å². The van der Waals surface area contributed by atoms with E-state index in [-0.39, 0.29) is 12.5 Å². The average Bonchev–Trinajstić information content (AvgIpc) is 2.90. The zero-order valence-corrected chi connectivity index (χ0v) is 9.95. The molecule has 2 aromatic rings. The van der Waals surface area contributed by atoms with E-state index in [4.69, 9.17) is 0 Å².